The quantitative estimate of drug-likeness (QED) is 0.463. The number of ether oxygens (including phenoxy) is 1. The zero-order chi connectivity index (χ0) is 20.0. The highest BCUT2D eigenvalue weighted by Crippen LogP contribution is 2.26. The molecule has 0 saturated heterocycles. The zero-order valence-corrected chi connectivity index (χ0v) is 16.4. The standard InChI is InChI=1S/C19H20N4O3S/c1-11(2)17-21-12(3)16(19(25)26-4)18(23-17)27-10-15(24)22-14-7-5-6-13(8-14)9-20/h5-8,11H,10H2,1-4H3,(H,22,24). The first kappa shape index (κ1) is 20.4. The minimum atomic E-state index is -0.535. The topological polar surface area (TPSA) is 105 Å². The molecule has 0 radical (unpaired) electrons. The van der Waals surface area contributed by atoms with E-state index in [2.05, 4.69) is 15.3 Å². The van der Waals surface area contributed by atoms with Crippen LogP contribution >= 0.6 is 11.8 Å². The van der Waals surface area contributed by atoms with E-state index in [1.54, 1.807) is 31.2 Å². The van der Waals surface area contributed by atoms with E-state index in [0.717, 1.165) is 11.8 Å². The molecule has 0 aliphatic carbocycles. The highest BCUT2D eigenvalue weighted by atomic mass is 32.2. The second-order valence-electron chi connectivity index (χ2n) is 6.02. The number of nitrogens with one attached hydrogen (secondary N) is 1. The molecule has 7 nitrogen and oxygen atoms in total. The molecule has 0 bridgehead atoms. The molecule has 0 saturated carbocycles. The summed E-state index contributed by atoms with van der Waals surface area (Å²) in [6.07, 6.45) is 0. The number of hydrogen-bond donors (Lipinski definition) is 1. The highest BCUT2D eigenvalue weighted by Gasteiger charge is 2.21. The number of aromatic nitrogens is 2. The van der Waals surface area contributed by atoms with Crippen molar-refractivity contribution in [2.75, 3.05) is 18.2 Å². The lowest BCUT2D eigenvalue weighted by molar-refractivity contribution is -0.113. The van der Waals surface area contributed by atoms with Gasteiger partial charge in [-0.2, -0.15) is 5.26 Å². The van der Waals surface area contributed by atoms with Gasteiger partial charge in [0.15, 0.2) is 0 Å². The summed E-state index contributed by atoms with van der Waals surface area (Å²) in [5.41, 5.74) is 1.78. The van der Waals surface area contributed by atoms with Crippen molar-refractivity contribution >= 4 is 29.3 Å². The fraction of sp³-hybridized carbons (Fsp3) is 0.316. The fourth-order valence-electron chi connectivity index (χ4n) is 2.26. The Morgan fingerprint density at radius 2 is 2.07 bits per heavy atom. The SMILES string of the molecule is COC(=O)c1c(C)nc(C(C)C)nc1SCC(=O)Nc1cccc(C#N)c1. The molecule has 1 aromatic carbocycles. The Kier molecular flexibility index (Phi) is 6.91. The molecule has 1 N–H and O–H groups in total. The molecule has 8 heteroatoms. The van der Waals surface area contributed by atoms with Gasteiger partial charge in [0, 0.05) is 11.6 Å². The molecule has 140 valence electrons. The number of esters is 1. The minimum absolute atomic E-state index is 0.0504. The van der Waals surface area contributed by atoms with Gasteiger partial charge in [-0.05, 0) is 25.1 Å². The van der Waals surface area contributed by atoms with Crippen molar-refractivity contribution in [2.45, 2.75) is 31.7 Å². The first-order chi connectivity index (χ1) is 12.8. The molecule has 1 heterocycles. The van der Waals surface area contributed by atoms with Crippen LogP contribution in [0.1, 0.15) is 47.2 Å². The second kappa shape index (κ2) is 9.14. The summed E-state index contributed by atoms with van der Waals surface area (Å²) in [6, 6.07) is 8.67. The Morgan fingerprint density at radius 1 is 1.33 bits per heavy atom. The summed E-state index contributed by atoms with van der Waals surface area (Å²) in [5, 5.41) is 12.1. The number of thioether (sulfide) groups is 1. The molecule has 0 aliphatic heterocycles. The summed E-state index contributed by atoms with van der Waals surface area (Å²) in [5.74, 6) is -0.0721. The van der Waals surface area contributed by atoms with E-state index in [4.69, 9.17) is 10.00 Å². The van der Waals surface area contributed by atoms with E-state index < -0.39 is 5.97 Å². The molecular formula is C19H20N4O3S. The first-order valence-corrected chi connectivity index (χ1v) is 9.24. The van der Waals surface area contributed by atoms with E-state index in [1.165, 1.54) is 7.11 Å². The lowest BCUT2D eigenvalue weighted by atomic mass is 10.2. The van der Waals surface area contributed by atoms with Gasteiger partial charge in [-0.3, -0.25) is 4.79 Å². The van der Waals surface area contributed by atoms with Crippen LogP contribution in [0.5, 0.6) is 0 Å². The number of anilines is 1. The van der Waals surface area contributed by atoms with Crippen LogP contribution < -0.4 is 5.32 Å². The third-order valence-corrected chi connectivity index (χ3v) is 4.57. The minimum Gasteiger partial charge on any atom is -0.465 e. The lowest BCUT2D eigenvalue weighted by Crippen LogP contribution is -2.16. The van der Waals surface area contributed by atoms with E-state index in [0.29, 0.717) is 27.8 Å². The van der Waals surface area contributed by atoms with Crippen molar-refractivity contribution in [3.63, 3.8) is 0 Å². The van der Waals surface area contributed by atoms with Crippen LogP contribution in [-0.4, -0.2) is 34.7 Å². The molecule has 1 aromatic heterocycles. The second-order valence-corrected chi connectivity index (χ2v) is 6.99. The van der Waals surface area contributed by atoms with Gasteiger partial charge in [-0.1, -0.05) is 31.7 Å². The summed E-state index contributed by atoms with van der Waals surface area (Å²) < 4.78 is 4.82. The molecule has 0 fully saturated rings. The number of rotatable bonds is 6. The number of hydrogen-bond acceptors (Lipinski definition) is 7. The number of nitriles is 1. The van der Waals surface area contributed by atoms with Gasteiger partial charge in [0.25, 0.3) is 0 Å². The largest absolute Gasteiger partial charge is 0.465 e. The predicted molar refractivity (Wildman–Crippen MR) is 103 cm³/mol. The predicted octanol–water partition coefficient (Wildman–Crippen LogP) is 3.30. The van der Waals surface area contributed by atoms with Crippen molar-refractivity contribution < 1.29 is 14.3 Å². The molecule has 0 unspecified atom stereocenters. The molecule has 0 atom stereocenters. The van der Waals surface area contributed by atoms with Crippen LogP contribution in [0.4, 0.5) is 5.69 Å². The number of nitrogens with zero attached hydrogens (tertiary/aromatic N) is 3. The van der Waals surface area contributed by atoms with E-state index in [1.807, 2.05) is 19.9 Å². The number of benzene rings is 1. The van der Waals surface area contributed by atoms with Crippen LogP contribution in [-0.2, 0) is 9.53 Å². The van der Waals surface area contributed by atoms with Gasteiger partial charge in [-0.25, -0.2) is 14.8 Å². The molecule has 1 amide bonds. The maximum atomic E-state index is 12.3. The summed E-state index contributed by atoms with van der Waals surface area (Å²) >= 11 is 1.14. The summed E-state index contributed by atoms with van der Waals surface area (Å²) in [6.45, 7) is 5.63. The average Bonchev–Trinajstić information content (AvgIpc) is 2.65. The average molecular weight is 384 g/mol. The number of carbonyl (C=O) groups excluding carboxylic acids is 2. The number of carbonyl (C=O) groups is 2. The fourth-order valence-corrected chi connectivity index (χ4v) is 3.14. The van der Waals surface area contributed by atoms with Gasteiger partial charge in [0.1, 0.15) is 16.4 Å². The first-order valence-electron chi connectivity index (χ1n) is 8.25. The third-order valence-electron chi connectivity index (χ3n) is 3.60. The van der Waals surface area contributed by atoms with E-state index in [-0.39, 0.29) is 23.1 Å². The Balaban J connectivity index is 2.19. The third kappa shape index (κ3) is 5.28. The van der Waals surface area contributed by atoms with Crippen molar-refractivity contribution in [3.8, 4) is 6.07 Å². The molecular weight excluding hydrogens is 364 g/mol. The van der Waals surface area contributed by atoms with Crippen molar-refractivity contribution in [3.05, 3.63) is 46.9 Å². The van der Waals surface area contributed by atoms with E-state index in [9.17, 15) is 9.59 Å². The number of aryl methyl sites for hydroxylation is 1. The van der Waals surface area contributed by atoms with Crippen LogP contribution in [0.2, 0.25) is 0 Å². The molecule has 0 spiro atoms. The van der Waals surface area contributed by atoms with Crippen molar-refractivity contribution in [1.29, 1.82) is 5.26 Å². The van der Waals surface area contributed by atoms with Crippen LogP contribution in [0.3, 0.4) is 0 Å². The van der Waals surface area contributed by atoms with Gasteiger partial charge >= 0.3 is 5.97 Å². The Labute approximate surface area is 162 Å². The molecule has 2 aromatic rings. The normalized spacial score (nSPS) is 10.4. The van der Waals surface area contributed by atoms with Crippen LogP contribution in [0.15, 0.2) is 29.3 Å². The summed E-state index contributed by atoms with van der Waals surface area (Å²) in [4.78, 5) is 33.2. The number of methoxy groups -OCH3 is 1. The maximum Gasteiger partial charge on any atom is 0.342 e. The van der Waals surface area contributed by atoms with Gasteiger partial charge < -0.3 is 10.1 Å². The van der Waals surface area contributed by atoms with Gasteiger partial charge in [0.2, 0.25) is 5.91 Å². The van der Waals surface area contributed by atoms with E-state index >= 15 is 0 Å². The summed E-state index contributed by atoms with van der Waals surface area (Å²) in [7, 11) is 1.29. The van der Waals surface area contributed by atoms with Crippen molar-refractivity contribution in [2.24, 2.45) is 0 Å². The highest BCUT2D eigenvalue weighted by molar-refractivity contribution is 8.00. The smallest absolute Gasteiger partial charge is 0.342 e. The molecule has 2 rings (SSSR count). The Hall–Kier alpha value is -2.92. The Morgan fingerprint density at radius 3 is 2.70 bits per heavy atom. The molecule has 27 heavy (non-hydrogen) atoms. The van der Waals surface area contributed by atoms with Gasteiger partial charge in [0.05, 0.1) is 30.2 Å². The monoisotopic (exact) mass is 384 g/mol. The lowest BCUT2D eigenvalue weighted by Gasteiger charge is -2.13. The number of amides is 1. The van der Waals surface area contributed by atoms with Crippen molar-refractivity contribution in [1.82, 2.24) is 9.97 Å². The molecule has 0 aliphatic rings. The maximum absolute atomic E-state index is 12.3. The van der Waals surface area contributed by atoms with Gasteiger partial charge in [-0.15, -0.1) is 0 Å². The van der Waals surface area contributed by atoms with Crippen LogP contribution in [0.25, 0.3) is 0 Å². The Bertz CT molecular complexity index is 906. The van der Waals surface area contributed by atoms with Crippen LogP contribution in [0, 0.1) is 18.3 Å². The zero-order valence-electron chi connectivity index (χ0n) is 15.6.